The minimum absolute atomic E-state index is 0.158. The third-order valence-electron chi connectivity index (χ3n) is 3.33. The summed E-state index contributed by atoms with van der Waals surface area (Å²) in [6.45, 7) is 0.242. The molecule has 0 spiro atoms. The summed E-state index contributed by atoms with van der Waals surface area (Å²) in [6.07, 6.45) is -10.1. The number of aliphatic carboxylic acids is 1. The summed E-state index contributed by atoms with van der Waals surface area (Å²) in [5, 5.41) is 15.4. The molecule has 0 radical (unpaired) electrons. The third kappa shape index (κ3) is 5.19. The summed E-state index contributed by atoms with van der Waals surface area (Å²) in [5.74, 6) is 0.879. The molecule has 1 aromatic rings. The SMILES string of the molecule is NO.O=C(O)[C@H]1CCN1C(=S)c1ccc(C(F)(F)F)c(OC(F)(F)F)c1. The number of hydrogen-bond acceptors (Lipinski definition) is 5. The van der Waals surface area contributed by atoms with Gasteiger partial charge in [-0.15, -0.1) is 13.2 Å². The Morgan fingerprint density at radius 3 is 2.19 bits per heavy atom. The van der Waals surface area contributed by atoms with Crippen LogP contribution in [0.1, 0.15) is 17.5 Å². The molecule has 1 atom stereocenters. The molecule has 146 valence electrons. The molecule has 26 heavy (non-hydrogen) atoms. The normalized spacial score (nSPS) is 16.9. The van der Waals surface area contributed by atoms with Gasteiger partial charge in [-0.3, -0.25) is 0 Å². The van der Waals surface area contributed by atoms with Crippen molar-refractivity contribution in [2.24, 2.45) is 5.90 Å². The van der Waals surface area contributed by atoms with E-state index in [1.807, 2.05) is 0 Å². The highest BCUT2D eigenvalue weighted by Crippen LogP contribution is 2.39. The van der Waals surface area contributed by atoms with Crippen molar-refractivity contribution < 1.29 is 46.2 Å². The highest BCUT2D eigenvalue weighted by Gasteiger charge is 2.41. The second kappa shape index (κ2) is 8.05. The maximum absolute atomic E-state index is 12.8. The monoisotopic (exact) mass is 406 g/mol. The van der Waals surface area contributed by atoms with Crippen molar-refractivity contribution in [3.8, 4) is 5.75 Å². The number of rotatable bonds is 3. The molecule has 2 rings (SSSR count). The van der Waals surface area contributed by atoms with Crippen LogP contribution in [0.3, 0.4) is 0 Å². The molecule has 0 saturated carbocycles. The Morgan fingerprint density at radius 1 is 1.23 bits per heavy atom. The molecule has 1 fully saturated rings. The number of hydrogen-bond donors (Lipinski definition) is 3. The predicted octanol–water partition coefficient (Wildman–Crippen LogP) is 2.77. The van der Waals surface area contributed by atoms with Crippen LogP contribution in [0.5, 0.6) is 5.75 Å². The van der Waals surface area contributed by atoms with Gasteiger partial charge in [0.25, 0.3) is 0 Å². The number of carboxylic acid groups (broad SMARTS) is 1. The quantitative estimate of drug-likeness (QED) is 0.404. The number of alkyl halides is 6. The van der Waals surface area contributed by atoms with E-state index in [-0.39, 0.29) is 23.5 Å². The average molecular weight is 406 g/mol. The fourth-order valence-electron chi connectivity index (χ4n) is 2.15. The molecule has 0 aliphatic carbocycles. The molecule has 0 amide bonds. The number of likely N-dealkylation sites (tertiary alicyclic amines) is 1. The standard InChI is InChI=1S/C13H9F6NO3S.H3NO/c14-12(15,16)7-2-1-6(5-9(7)23-13(17,18)19)10(24)20-4-3-8(20)11(21)22;1-2/h1-2,5,8H,3-4H2,(H,21,22);2H,1H2/t8-;/m1./s1. The van der Waals surface area contributed by atoms with Gasteiger partial charge in [-0.05, 0) is 18.6 Å². The van der Waals surface area contributed by atoms with Crippen LogP contribution >= 0.6 is 12.2 Å². The van der Waals surface area contributed by atoms with E-state index in [1.165, 1.54) is 4.90 Å². The Morgan fingerprint density at radius 2 is 1.81 bits per heavy atom. The number of nitrogens with zero attached hydrogens (tertiary/aromatic N) is 1. The molecule has 4 N–H and O–H groups in total. The summed E-state index contributed by atoms with van der Waals surface area (Å²) >= 11 is 4.97. The Kier molecular flexibility index (Phi) is 6.79. The van der Waals surface area contributed by atoms with Gasteiger partial charge in [-0.1, -0.05) is 18.3 Å². The zero-order valence-corrected chi connectivity index (χ0v) is 13.5. The lowest BCUT2D eigenvalue weighted by molar-refractivity contribution is -0.276. The van der Waals surface area contributed by atoms with Gasteiger partial charge in [0.1, 0.15) is 16.8 Å². The van der Waals surface area contributed by atoms with E-state index in [9.17, 15) is 31.1 Å². The zero-order valence-electron chi connectivity index (χ0n) is 12.6. The van der Waals surface area contributed by atoms with E-state index in [2.05, 4.69) is 10.6 Å². The second-order valence-corrected chi connectivity index (χ2v) is 5.28. The summed E-state index contributed by atoms with van der Waals surface area (Å²) in [6, 6.07) is 0.853. The van der Waals surface area contributed by atoms with E-state index in [4.69, 9.17) is 22.5 Å². The number of benzene rings is 1. The minimum Gasteiger partial charge on any atom is -0.480 e. The highest BCUT2D eigenvalue weighted by molar-refractivity contribution is 7.80. The van der Waals surface area contributed by atoms with Gasteiger partial charge in [-0.25, -0.2) is 10.7 Å². The molecule has 0 unspecified atom stereocenters. The predicted molar refractivity (Wildman–Crippen MR) is 78.5 cm³/mol. The lowest BCUT2D eigenvalue weighted by atomic mass is 10.0. The first-order valence-corrected chi connectivity index (χ1v) is 7.07. The van der Waals surface area contributed by atoms with Gasteiger partial charge in [-0.2, -0.15) is 13.2 Å². The van der Waals surface area contributed by atoms with Crippen molar-refractivity contribution >= 4 is 23.2 Å². The van der Waals surface area contributed by atoms with Crippen molar-refractivity contribution in [1.82, 2.24) is 4.90 Å². The second-order valence-electron chi connectivity index (χ2n) is 4.90. The third-order valence-corrected chi connectivity index (χ3v) is 3.80. The Labute approximate surface area is 147 Å². The van der Waals surface area contributed by atoms with E-state index < -0.39 is 35.9 Å². The Balaban J connectivity index is 0.00000163. The first-order valence-electron chi connectivity index (χ1n) is 6.67. The van der Waals surface area contributed by atoms with Crippen LogP contribution in [0.2, 0.25) is 0 Å². The number of thiocarbonyl (C=S) groups is 1. The largest absolute Gasteiger partial charge is 0.573 e. The van der Waals surface area contributed by atoms with Crippen LogP contribution in [0.4, 0.5) is 26.3 Å². The van der Waals surface area contributed by atoms with Gasteiger partial charge in [0.15, 0.2) is 0 Å². The van der Waals surface area contributed by atoms with Crippen LogP contribution in [0.25, 0.3) is 0 Å². The lowest BCUT2D eigenvalue weighted by Crippen LogP contribution is -2.54. The van der Waals surface area contributed by atoms with E-state index in [0.29, 0.717) is 12.1 Å². The Hall–Kier alpha value is -2.12. The van der Waals surface area contributed by atoms with Crippen LogP contribution < -0.4 is 10.6 Å². The van der Waals surface area contributed by atoms with Crippen LogP contribution in [-0.4, -0.2) is 45.1 Å². The maximum atomic E-state index is 12.8. The Bertz CT molecular complexity index is 680. The first-order chi connectivity index (χ1) is 11.9. The summed E-state index contributed by atoms with van der Waals surface area (Å²) in [4.78, 5) is 12.0. The highest BCUT2D eigenvalue weighted by atomic mass is 32.1. The van der Waals surface area contributed by atoms with E-state index in [1.54, 1.807) is 0 Å². The van der Waals surface area contributed by atoms with Gasteiger partial charge in [0, 0.05) is 12.1 Å². The minimum atomic E-state index is -5.32. The van der Waals surface area contributed by atoms with Gasteiger partial charge < -0.3 is 20.0 Å². The maximum Gasteiger partial charge on any atom is 0.573 e. The number of halogens is 6. The molecule has 6 nitrogen and oxygen atoms in total. The number of nitrogens with two attached hydrogens (primary N) is 1. The molecule has 0 bridgehead atoms. The molecular formula is C13H12F6N2O4S. The van der Waals surface area contributed by atoms with Gasteiger partial charge >= 0.3 is 18.5 Å². The van der Waals surface area contributed by atoms with E-state index in [0.717, 1.165) is 6.07 Å². The summed E-state index contributed by atoms with van der Waals surface area (Å²) < 4.78 is 78.8. The molecule has 1 aliphatic heterocycles. The molecule has 1 heterocycles. The molecule has 1 saturated heterocycles. The fraction of sp³-hybridized carbons (Fsp3) is 0.385. The lowest BCUT2D eigenvalue weighted by Gasteiger charge is -2.40. The van der Waals surface area contributed by atoms with Crippen molar-refractivity contribution in [3.05, 3.63) is 29.3 Å². The topological polar surface area (TPSA) is 96.0 Å². The van der Waals surface area contributed by atoms with Crippen molar-refractivity contribution in [2.75, 3.05) is 6.54 Å². The fourth-order valence-corrected chi connectivity index (χ4v) is 2.50. The van der Waals surface area contributed by atoms with E-state index >= 15 is 0 Å². The van der Waals surface area contributed by atoms with Crippen molar-refractivity contribution in [3.63, 3.8) is 0 Å². The molecule has 1 aliphatic rings. The number of carboxylic acids is 1. The van der Waals surface area contributed by atoms with Gasteiger partial charge in [0.05, 0.1) is 5.56 Å². The molecule has 0 aromatic heterocycles. The van der Waals surface area contributed by atoms with Crippen molar-refractivity contribution in [2.45, 2.75) is 25.0 Å². The van der Waals surface area contributed by atoms with Gasteiger partial charge in [0.2, 0.25) is 0 Å². The van der Waals surface area contributed by atoms with Crippen molar-refractivity contribution in [1.29, 1.82) is 0 Å². The van der Waals surface area contributed by atoms with Crippen LogP contribution in [0, 0.1) is 0 Å². The number of carbonyl (C=O) groups is 1. The average Bonchev–Trinajstić information content (AvgIpc) is 2.44. The van der Waals surface area contributed by atoms with Crippen LogP contribution in [0.15, 0.2) is 18.2 Å². The summed E-state index contributed by atoms with van der Waals surface area (Å²) in [7, 11) is 0. The van der Waals surface area contributed by atoms with Crippen LogP contribution in [-0.2, 0) is 11.0 Å². The smallest absolute Gasteiger partial charge is 0.480 e. The molecular weight excluding hydrogens is 394 g/mol. The first kappa shape index (κ1) is 21.9. The number of ether oxygens (including phenoxy) is 1. The zero-order chi connectivity index (χ0) is 20.3. The summed E-state index contributed by atoms with van der Waals surface area (Å²) in [5.41, 5.74) is -1.77. The molecule has 13 heteroatoms. The molecule has 1 aromatic carbocycles.